The minimum atomic E-state index is -0.502. The summed E-state index contributed by atoms with van der Waals surface area (Å²) in [5.41, 5.74) is 3.73. The number of benzene rings is 2. The molecule has 29 heavy (non-hydrogen) atoms. The van der Waals surface area contributed by atoms with Crippen LogP contribution in [0.4, 0.5) is 0 Å². The van der Waals surface area contributed by atoms with Crippen LogP contribution in [0.25, 0.3) is 0 Å². The van der Waals surface area contributed by atoms with E-state index in [9.17, 15) is 5.11 Å². The summed E-state index contributed by atoms with van der Waals surface area (Å²) in [6.45, 7) is 6.71. The van der Waals surface area contributed by atoms with E-state index in [1.165, 1.54) is 11.1 Å². The second kappa shape index (κ2) is 11.5. The van der Waals surface area contributed by atoms with Gasteiger partial charge >= 0.3 is 0 Å². The number of hydrogen-bond donors (Lipinski definition) is 2. The van der Waals surface area contributed by atoms with Crippen molar-refractivity contribution in [2.24, 2.45) is 0 Å². The van der Waals surface area contributed by atoms with Gasteiger partial charge < -0.3 is 19.9 Å². The van der Waals surface area contributed by atoms with Gasteiger partial charge in [0.2, 0.25) is 0 Å². The van der Waals surface area contributed by atoms with Crippen molar-refractivity contribution < 1.29 is 14.6 Å². The largest absolute Gasteiger partial charge is 0.493 e. The standard InChI is InChI=1S/C23H32N2O3S/c1-18-5-3-4-6-20(18)15-24-14-19-7-8-22(23(13-19)27-2)28-17-21(26)16-25-9-11-29-12-10-25/h3-8,13,21,24,26H,9-12,14-17H2,1-2H3/t21-/m0/s1. The zero-order chi connectivity index (χ0) is 20.5. The molecule has 5 nitrogen and oxygen atoms in total. The number of rotatable bonds is 10. The summed E-state index contributed by atoms with van der Waals surface area (Å²) in [5, 5.41) is 13.8. The highest BCUT2D eigenvalue weighted by Crippen LogP contribution is 2.28. The van der Waals surface area contributed by atoms with Crippen LogP contribution in [0, 0.1) is 6.92 Å². The van der Waals surface area contributed by atoms with E-state index in [4.69, 9.17) is 9.47 Å². The molecule has 3 rings (SSSR count). The SMILES string of the molecule is COc1cc(CNCc2ccccc2C)ccc1OC[C@@H](O)CN1CCSCC1. The summed E-state index contributed by atoms with van der Waals surface area (Å²) in [6.07, 6.45) is -0.502. The number of methoxy groups -OCH3 is 1. The van der Waals surface area contributed by atoms with Crippen molar-refractivity contribution in [2.75, 3.05) is 44.9 Å². The fraction of sp³-hybridized carbons (Fsp3) is 0.478. The second-order valence-corrected chi connectivity index (χ2v) is 8.62. The van der Waals surface area contributed by atoms with Gasteiger partial charge in [-0.05, 0) is 35.7 Å². The molecule has 1 fully saturated rings. The zero-order valence-electron chi connectivity index (χ0n) is 17.4. The lowest BCUT2D eigenvalue weighted by atomic mass is 10.1. The number of thioether (sulfide) groups is 1. The van der Waals surface area contributed by atoms with Crippen molar-refractivity contribution in [1.29, 1.82) is 0 Å². The molecular weight excluding hydrogens is 384 g/mol. The van der Waals surface area contributed by atoms with E-state index in [-0.39, 0.29) is 6.61 Å². The maximum absolute atomic E-state index is 10.3. The molecule has 0 amide bonds. The van der Waals surface area contributed by atoms with Gasteiger partial charge in [-0.1, -0.05) is 30.3 Å². The Hall–Kier alpha value is -1.73. The van der Waals surface area contributed by atoms with Crippen LogP contribution in [0.5, 0.6) is 11.5 Å². The van der Waals surface area contributed by atoms with Crippen molar-refractivity contribution in [3.63, 3.8) is 0 Å². The highest BCUT2D eigenvalue weighted by molar-refractivity contribution is 7.99. The zero-order valence-corrected chi connectivity index (χ0v) is 18.2. The van der Waals surface area contributed by atoms with Gasteiger partial charge in [0, 0.05) is 44.2 Å². The first-order chi connectivity index (χ1) is 14.2. The summed E-state index contributed by atoms with van der Waals surface area (Å²) >= 11 is 1.97. The highest BCUT2D eigenvalue weighted by Gasteiger charge is 2.16. The van der Waals surface area contributed by atoms with Crippen molar-refractivity contribution in [3.8, 4) is 11.5 Å². The van der Waals surface area contributed by atoms with Crippen LogP contribution in [-0.4, -0.2) is 61.0 Å². The van der Waals surface area contributed by atoms with Crippen LogP contribution in [0.1, 0.15) is 16.7 Å². The number of aryl methyl sites for hydroxylation is 1. The lowest BCUT2D eigenvalue weighted by Gasteiger charge is -2.28. The Kier molecular flexibility index (Phi) is 8.68. The van der Waals surface area contributed by atoms with E-state index in [0.29, 0.717) is 18.0 Å². The molecule has 6 heteroatoms. The third-order valence-electron chi connectivity index (χ3n) is 5.14. The lowest BCUT2D eigenvalue weighted by Crippen LogP contribution is -2.40. The summed E-state index contributed by atoms with van der Waals surface area (Å²) in [7, 11) is 1.65. The molecule has 2 aromatic carbocycles. The molecule has 1 aliphatic heterocycles. The number of ether oxygens (including phenoxy) is 2. The Morgan fingerprint density at radius 2 is 1.90 bits per heavy atom. The van der Waals surface area contributed by atoms with E-state index in [0.717, 1.165) is 43.2 Å². The third kappa shape index (κ3) is 6.93. The molecule has 0 radical (unpaired) electrons. The quantitative estimate of drug-likeness (QED) is 0.621. The minimum Gasteiger partial charge on any atom is -0.493 e. The van der Waals surface area contributed by atoms with Crippen LogP contribution >= 0.6 is 11.8 Å². The maximum atomic E-state index is 10.3. The van der Waals surface area contributed by atoms with Crippen LogP contribution in [-0.2, 0) is 13.1 Å². The first kappa shape index (κ1) is 22.0. The van der Waals surface area contributed by atoms with Crippen LogP contribution in [0.15, 0.2) is 42.5 Å². The van der Waals surface area contributed by atoms with E-state index in [1.54, 1.807) is 7.11 Å². The van der Waals surface area contributed by atoms with Gasteiger partial charge in [-0.25, -0.2) is 0 Å². The van der Waals surface area contributed by atoms with Gasteiger partial charge in [0.15, 0.2) is 11.5 Å². The Morgan fingerprint density at radius 3 is 2.66 bits per heavy atom. The molecule has 0 aliphatic carbocycles. The van der Waals surface area contributed by atoms with Crippen LogP contribution < -0.4 is 14.8 Å². The number of aliphatic hydroxyl groups excluding tert-OH is 1. The predicted octanol–water partition coefficient (Wildman–Crippen LogP) is 3.08. The summed E-state index contributed by atoms with van der Waals surface area (Å²) < 4.78 is 11.4. The van der Waals surface area contributed by atoms with Crippen LogP contribution in [0.2, 0.25) is 0 Å². The van der Waals surface area contributed by atoms with Gasteiger partial charge in [0.25, 0.3) is 0 Å². The van der Waals surface area contributed by atoms with Gasteiger partial charge in [0.05, 0.1) is 7.11 Å². The van der Waals surface area contributed by atoms with E-state index < -0.39 is 6.10 Å². The molecule has 2 N–H and O–H groups in total. The third-order valence-corrected chi connectivity index (χ3v) is 6.08. The second-order valence-electron chi connectivity index (χ2n) is 7.39. The molecule has 0 bridgehead atoms. The fourth-order valence-corrected chi connectivity index (χ4v) is 4.39. The number of nitrogens with zero attached hydrogens (tertiary/aromatic N) is 1. The Morgan fingerprint density at radius 1 is 1.10 bits per heavy atom. The van der Waals surface area contributed by atoms with Gasteiger partial charge in [-0.15, -0.1) is 0 Å². The molecule has 158 valence electrons. The van der Waals surface area contributed by atoms with Crippen molar-refractivity contribution in [2.45, 2.75) is 26.1 Å². The smallest absolute Gasteiger partial charge is 0.161 e. The van der Waals surface area contributed by atoms with E-state index in [2.05, 4.69) is 41.4 Å². The maximum Gasteiger partial charge on any atom is 0.161 e. The topological polar surface area (TPSA) is 54.0 Å². The molecule has 0 aromatic heterocycles. The molecule has 1 atom stereocenters. The van der Waals surface area contributed by atoms with Crippen molar-refractivity contribution in [3.05, 3.63) is 59.2 Å². The highest BCUT2D eigenvalue weighted by atomic mass is 32.2. The first-order valence-corrected chi connectivity index (χ1v) is 11.3. The number of β-amino-alcohol motifs (C(OH)–C–C–N with tert-alkyl or cyclic N) is 1. The van der Waals surface area contributed by atoms with Gasteiger partial charge in [0.1, 0.15) is 12.7 Å². The monoisotopic (exact) mass is 416 g/mol. The first-order valence-electron chi connectivity index (χ1n) is 10.2. The molecule has 0 spiro atoms. The molecule has 0 unspecified atom stereocenters. The normalized spacial score (nSPS) is 15.8. The Labute approximate surface area is 178 Å². The number of hydrogen-bond acceptors (Lipinski definition) is 6. The average molecular weight is 417 g/mol. The van der Waals surface area contributed by atoms with Crippen molar-refractivity contribution >= 4 is 11.8 Å². The molecule has 1 aliphatic rings. The molecule has 2 aromatic rings. The number of nitrogens with one attached hydrogen (secondary N) is 1. The summed E-state index contributed by atoms with van der Waals surface area (Å²) in [4.78, 5) is 2.30. The van der Waals surface area contributed by atoms with Crippen molar-refractivity contribution in [1.82, 2.24) is 10.2 Å². The van der Waals surface area contributed by atoms with E-state index >= 15 is 0 Å². The van der Waals surface area contributed by atoms with Crippen LogP contribution in [0.3, 0.4) is 0 Å². The molecule has 1 saturated heterocycles. The average Bonchev–Trinajstić information content (AvgIpc) is 2.74. The summed E-state index contributed by atoms with van der Waals surface area (Å²) in [5.74, 6) is 3.65. The Bertz CT molecular complexity index is 766. The minimum absolute atomic E-state index is 0.269. The Balaban J connectivity index is 1.48. The lowest BCUT2D eigenvalue weighted by molar-refractivity contribution is 0.0705. The molecular formula is C23H32N2O3S. The molecule has 1 heterocycles. The summed E-state index contributed by atoms with van der Waals surface area (Å²) in [6, 6.07) is 14.4. The van der Waals surface area contributed by atoms with E-state index in [1.807, 2.05) is 30.0 Å². The number of aliphatic hydroxyl groups is 1. The predicted molar refractivity (Wildman–Crippen MR) is 120 cm³/mol. The fourth-order valence-electron chi connectivity index (χ4n) is 3.41. The molecule has 0 saturated carbocycles. The van der Waals surface area contributed by atoms with Gasteiger partial charge in [-0.2, -0.15) is 11.8 Å². The van der Waals surface area contributed by atoms with Gasteiger partial charge in [-0.3, -0.25) is 4.90 Å².